The van der Waals surface area contributed by atoms with E-state index in [9.17, 15) is 4.79 Å². The van der Waals surface area contributed by atoms with E-state index in [1.54, 1.807) is 6.20 Å². The predicted molar refractivity (Wildman–Crippen MR) is 48.6 cm³/mol. The van der Waals surface area contributed by atoms with Gasteiger partial charge < -0.3 is 15.0 Å². The van der Waals surface area contributed by atoms with E-state index < -0.39 is 0 Å². The number of aromatic nitrogens is 1. The summed E-state index contributed by atoms with van der Waals surface area (Å²) >= 11 is 0. The second kappa shape index (κ2) is 3.72. The number of aromatic amines is 1. The SMILES string of the molecule is O=c1ccc(C2COCCN2)c[nH]1. The summed E-state index contributed by atoms with van der Waals surface area (Å²) in [6, 6.07) is 3.57. The molecule has 0 amide bonds. The first-order valence-corrected chi connectivity index (χ1v) is 4.36. The third-order valence-corrected chi connectivity index (χ3v) is 2.13. The van der Waals surface area contributed by atoms with E-state index in [1.807, 2.05) is 6.07 Å². The largest absolute Gasteiger partial charge is 0.378 e. The first-order chi connectivity index (χ1) is 6.36. The lowest BCUT2D eigenvalue weighted by atomic mass is 10.1. The molecule has 1 aromatic heterocycles. The molecule has 4 nitrogen and oxygen atoms in total. The van der Waals surface area contributed by atoms with Crippen LogP contribution in [0.4, 0.5) is 0 Å². The number of H-pyrrole nitrogens is 1. The summed E-state index contributed by atoms with van der Waals surface area (Å²) in [7, 11) is 0. The van der Waals surface area contributed by atoms with Crippen molar-refractivity contribution in [2.75, 3.05) is 19.8 Å². The van der Waals surface area contributed by atoms with E-state index in [0.29, 0.717) is 6.61 Å². The minimum atomic E-state index is -0.0690. The van der Waals surface area contributed by atoms with Crippen LogP contribution in [0.2, 0.25) is 0 Å². The smallest absolute Gasteiger partial charge is 0.247 e. The lowest BCUT2D eigenvalue weighted by molar-refractivity contribution is 0.0768. The molecule has 0 saturated carbocycles. The van der Waals surface area contributed by atoms with Crippen LogP contribution in [0.3, 0.4) is 0 Å². The van der Waals surface area contributed by atoms with E-state index in [2.05, 4.69) is 10.3 Å². The summed E-state index contributed by atoms with van der Waals surface area (Å²) in [4.78, 5) is 13.4. The molecule has 1 unspecified atom stereocenters. The number of nitrogens with one attached hydrogen (secondary N) is 2. The highest BCUT2D eigenvalue weighted by Crippen LogP contribution is 2.12. The molecule has 0 bridgehead atoms. The monoisotopic (exact) mass is 180 g/mol. The Morgan fingerprint density at radius 1 is 1.46 bits per heavy atom. The molecular formula is C9H12N2O2. The Balaban J connectivity index is 2.14. The second-order valence-electron chi connectivity index (χ2n) is 3.07. The van der Waals surface area contributed by atoms with Crippen LogP contribution in [0.5, 0.6) is 0 Å². The Hall–Kier alpha value is -1.13. The van der Waals surface area contributed by atoms with E-state index in [1.165, 1.54) is 6.07 Å². The summed E-state index contributed by atoms with van der Waals surface area (Å²) in [5.74, 6) is 0. The molecule has 1 aliphatic rings. The van der Waals surface area contributed by atoms with Gasteiger partial charge in [-0.1, -0.05) is 6.07 Å². The molecule has 0 radical (unpaired) electrons. The third kappa shape index (κ3) is 1.96. The normalized spacial score (nSPS) is 22.9. The molecule has 13 heavy (non-hydrogen) atoms. The van der Waals surface area contributed by atoms with Crippen molar-refractivity contribution in [1.82, 2.24) is 10.3 Å². The molecule has 0 spiro atoms. The molecular weight excluding hydrogens is 168 g/mol. The molecule has 1 saturated heterocycles. The van der Waals surface area contributed by atoms with E-state index in [4.69, 9.17) is 4.74 Å². The Kier molecular flexibility index (Phi) is 2.42. The zero-order chi connectivity index (χ0) is 9.10. The first-order valence-electron chi connectivity index (χ1n) is 4.36. The van der Waals surface area contributed by atoms with Gasteiger partial charge in [0.1, 0.15) is 0 Å². The fourth-order valence-corrected chi connectivity index (χ4v) is 1.42. The lowest BCUT2D eigenvalue weighted by Gasteiger charge is -2.23. The van der Waals surface area contributed by atoms with Gasteiger partial charge in [-0.2, -0.15) is 0 Å². The van der Waals surface area contributed by atoms with Gasteiger partial charge in [0, 0.05) is 18.8 Å². The number of ether oxygens (including phenoxy) is 1. The fourth-order valence-electron chi connectivity index (χ4n) is 1.42. The fraction of sp³-hybridized carbons (Fsp3) is 0.444. The Bertz CT molecular complexity index is 308. The molecule has 1 fully saturated rings. The van der Waals surface area contributed by atoms with Gasteiger partial charge in [0.15, 0.2) is 0 Å². The molecule has 0 aliphatic carbocycles. The van der Waals surface area contributed by atoms with Gasteiger partial charge in [-0.3, -0.25) is 4.79 Å². The van der Waals surface area contributed by atoms with Crippen molar-refractivity contribution in [3.63, 3.8) is 0 Å². The highest BCUT2D eigenvalue weighted by Gasteiger charge is 2.14. The summed E-state index contributed by atoms with van der Waals surface area (Å²) in [6.45, 7) is 2.30. The number of hydrogen-bond acceptors (Lipinski definition) is 3. The average molecular weight is 180 g/mol. The minimum absolute atomic E-state index is 0.0690. The maximum Gasteiger partial charge on any atom is 0.247 e. The summed E-state index contributed by atoms with van der Waals surface area (Å²) < 4.78 is 5.31. The highest BCUT2D eigenvalue weighted by atomic mass is 16.5. The summed E-state index contributed by atoms with van der Waals surface area (Å²) in [6.07, 6.45) is 1.73. The van der Waals surface area contributed by atoms with Crippen molar-refractivity contribution < 1.29 is 4.74 Å². The van der Waals surface area contributed by atoms with E-state index in [-0.39, 0.29) is 11.6 Å². The lowest BCUT2D eigenvalue weighted by Crippen LogP contribution is -2.34. The van der Waals surface area contributed by atoms with Crippen LogP contribution in [0, 0.1) is 0 Å². The van der Waals surface area contributed by atoms with E-state index >= 15 is 0 Å². The molecule has 1 aliphatic heterocycles. The van der Waals surface area contributed by atoms with Crippen molar-refractivity contribution >= 4 is 0 Å². The number of pyridine rings is 1. The van der Waals surface area contributed by atoms with Gasteiger partial charge in [0.25, 0.3) is 0 Å². The van der Waals surface area contributed by atoms with Gasteiger partial charge in [0.2, 0.25) is 5.56 Å². The van der Waals surface area contributed by atoms with Crippen molar-refractivity contribution in [2.24, 2.45) is 0 Å². The Morgan fingerprint density at radius 2 is 2.38 bits per heavy atom. The maximum absolute atomic E-state index is 10.8. The van der Waals surface area contributed by atoms with Crippen LogP contribution >= 0.6 is 0 Å². The standard InChI is InChI=1S/C9H12N2O2/c12-9-2-1-7(5-11-9)8-6-13-4-3-10-8/h1-2,5,8,10H,3-4,6H2,(H,11,12). The van der Waals surface area contributed by atoms with Crippen molar-refractivity contribution in [2.45, 2.75) is 6.04 Å². The van der Waals surface area contributed by atoms with Crippen LogP contribution in [0.25, 0.3) is 0 Å². The number of morpholine rings is 1. The van der Waals surface area contributed by atoms with Crippen LogP contribution in [-0.2, 0) is 4.74 Å². The van der Waals surface area contributed by atoms with Crippen molar-refractivity contribution in [1.29, 1.82) is 0 Å². The molecule has 1 aromatic rings. The van der Waals surface area contributed by atoms with Gasteiger partial charge in [-0.05, 0) is 5.56 Å². The predicted octanol–water partition coefficient (Wildman–Crippen LogP) is 0.0358. The first kappa shape index (κ1) is 8.47. The second-order valence-corrected chi connectivity index (χ2v) is 3.07. The molecule has 0 aromatic carbocycles. The van der Waals surface area contributed by atoms with E-state index in [0.717, 1.165) is 18.7 Å². The van der Waals surface area contributed by atoms with Crippen molar-refractivity contribution in [3.05, 3.63) is 34.2 Å². The average Bonchev–Trinajstić information content (AvgIpc) is 2.20. The molecule has 2 N–H and O–H groups in total. The number of hydrogen-bond donors (Lipinski definition) is 2. The van der Waals surface area contributed by atoms with Gasteiger partial charge in [-0.25, -0.2) is 0 Å². The molecule has 70 valence electrons. The quantitative estimate of drug-likeness (QED) is 0.641. The van der Waals surface area contributed by atoms with Crippen LogP contribution in [0.1, 0.15) is 11.6 Å². The van der Waals surface area contributed by atoms with Crippen molar-refractivity contribution in [3.8, 4) is 0 Å². The Labute approximate surface area is 75.9 Å². The van der Waals surface area contributed by atoms with Crippen LogP contribution in [0.15, 0.2) is 23.1 Å². The highest BCUT2D eigenvalue weighted by molar-refractivity contribution is 5.14. The molecule has 1 atom stereocenters. The molecule has 2 heterocycles. The van der Waals surface area contributed by atoms with Gasteiger partial charge in [0.05, 0.1) is 19.3 Å². The maximum atomic E-state index is 10.8. The minimum Gasteiger partial charge on any atom is -0.378 e. The molecule has 4 heteroatoms. The zero-order valence-corrected chi connectivity index (χ0v) is 7.25. The third-order valence-electron chi connectivity index (χ3n) is 2.13. The summed E-state index contributed by atoms with van der Waals surface area (Å²) in [5, 5.41) is 3.31. The van der Waals surface area contributed by atoms with Gasteiger partial charge in [-0.15, -0.1) is 0 Å². The topological polar surface area (TPSA) is 54.1 Å². The summed E-state index contributed by atoms with van der Waals surface area (Å²) in [5.41, 5.74) is 1.000. The number of rotatable bonds is 1. The van der Waals surface area contributed by atoms with Crippen LogP contribution in [-0.4, -0.2) is 24.7 Å². The zero-order valence-electron chi connectivity index (χ0n) is 7.25. The Morgan fingerprint density at radius 3 is 3.00 bits per heavy atom. The molecule has 2 rings (SSSR count). The van der Waals surface area contributed by atoms with Gasteiger partial charge >= 0.3 is 0 Å². The van der Waals surface area contributed by atoms with Crippen LogP contribution < -0.4 is 10.9 Å².